The van der Waals surface area contributed by atoms with Crippen LogP contribution in [-0.4, -0.2) is 12.5 Å². The number of amides is 1. The number of carbonyl (C=O) groups is 1. The molecular formula is C27H25BrN2O2. The Kier molecular flexibility index (Phi) is 5.75. The zero-order valence-corrected chi connectivity index (χ0v) is 19.4. The van der Waals surface area contributed by atoms with Gasteiger partial charge in [0.15, 0.2) is 0 Å². The molecule has 0 aromatic heterocycles. The molecule has 3 atom stereocenters. The summed E-state index contributed by atoms with van der Waals surface area (Å²) in [4.78, 5) is 13.3. The Labute approximate surface area is 196 Å². The number of fused-ring (bicyclic) bond motifs is 3. The lowest BCUT2D eigenvalue weighted by Crippen LogP contribution is -2.30. The first-order chi connectivity index (χ1) is 15.6. The number of carbonyl (C=O) groups excluding carboxylic acids is 1. The topological polar surface area (TPSA) is 50.4 Å². The minimum Gasteiger partial charge on any atom is -0.494 e. The molecule has 1 aliphatic heterocycles. The van der Waals surface area contributed by atoms with Crippen LogP contribution < -0.4 is 15.4 Å². The summed E-state index contributed by atoms with van der Waals surface area (Å²) in [6, 6.07) is 22.1. The molecule has 0 saturated carbocycles. The maximum absolute atomic E-state index is 13.3. The van der Waals surface area contributed by atoms with Gasteiger partial charge in [-0.3, -0.25) is 4.79 Å². The zero-order chi connectivity index (χ0) is 22.1. The summed E-state index contributed by atoms with van der Waals surface area (Å²) in [6.45, 7) is 2.57. The summed E-state index contributed by atoms with van der Waals surface area (Å²) >= 11 is 3.53. The van der Waals surface area contributed by atoms with Crippen molar-refractivity contribution in [1.82, 2.24) is 0 Å². The van der Waals surface area contributed by atoms with Crippen molar-refractivity contribution in [3.05, 3.63) is 100 Å². The number of rotatable bonds is 5. The molecule has 3 aromatic rings. The quantitative estimate of drug-likeness (QED) is 0.383. The van der Waals surface area contributed by atoms with E-state index >= 15 is 0 Å². The Hall–Kier alpha value is -3.05. The lowest BCUT2D eigenvalue weighted by Gasteiger charge is -2.38. The molecule has 5 heteroatoms. The van der Waals surface area contributed by atoms with Crippen molar-refractivity contribution in [2.45, 2.75) is 25.3 Å². The van der Waals surface area contributed by atoms with Crippen LogP contribution in [0.15, 0.2) is 83.4 Å². The van der Waals surface area contributed by atoms with Gasteiger partial charge in [-0.2, -0.15) is 0 Å². The van der Waals surface area contributed by atoms with Crippen LogP contribution in [0.1, 0.15) is 46.8 Å². The number of ether oxygens (including phenoxy) is 1. The monoisotopic (exact) mass is 488 g/mol. The van der Waals surface area contributed by atoms with E-state index in [9.17, 15) is 4.79 Å². The number of allylic oxidation sites excluding steroid dienone is 2. The number of hydrogen-bond acceptors (Lipinski definition) is 3. The predicted octanol–water partition coefficient (Wildman–Crippen LogP) is 6.93. The lowest BCUT2D eigenvalue weighted by atomic mass is 9.76. The summed E-state index contributed by atoms with van der Waals surface area (Å²) in [5.74, 6) is 1.42. The van der Waals surface area contributed by atoms with Crippen molar-refractivity contribution in [3.8, 4) is 5.75 Å². The van der Waals surface area contributed by atoms with E-state index in [0.717, 1.165) is 28.0 Å². The molecule has 1 amide bonds. The first-order valence-electron chi connectivity index (χ1n) is 11.0. The van der Waals surface area contributed by atoms with Gasteiger partial charge in [0, 0.05) is 16.1 Å². The second-order valence-corrected chi connectivity index (χ2v) is 9.12. The standard InChI is InChI=1S/C27H25BrN2O2/c1-2-32-20-15-13-19(14-16-20)29-27(31)24-8-4-7-23-21-5-3-6-22(21)25(30-26(23)24)17-9-11-18(28)12-10-17/h3-5,7-16,21-22,25,30H,2,6H2,1H3,(H,29,31). The molecule has 0 bridgehead atoms. The molecule has 5 rings (SSSR count). The molecule has 1 aliphatic carbocycles. The SMILES string of the molecule is CCOc1ccc(NC(=O)c2cccc3c2NC(c2ccc(Br)cc2)C2CC=CC32)cc1. The maximum Gasteiger partial charge on any atom is 0.257 e. The number of nitrogens with one attached hydrogen (secondary N) is 2. The molecule has 0 fully saturated rings. The highest BCUT2D eigenvalue weighted by atomic mass is 79.9. The molecule has 2 N–H and O–H groups in total. The fourth-order valence-electron chi connectivity index (χ4n) is 4.81. The van der Waals surface area contributed by atoms with Gasteiger partial charge in [0.05, 0.1) is 23.9 Å². The minimum atomic E-state index is -0.117. The van der Waals surface area contributed by atoms with Crippen LogP contribution in [0, 0.1) is 5.92 Å². The third-order valence-corrected chi connectivity index (χ3v) is 6.82. The molecule has 1 heterocycles. The smallest absolute Gasteiger partial charge is 0.257 e. The van der Waals surface area contributed by atoms with Crippen LogP contribution >= 0.6 is 15.9 Å². The molecule has 32 heavy (non-hydrogen) atoms. The van der Waals surface area contributed by atoms with Crippen molar-refractivity contribution < 1.29 is 9.53 Å². The van der Waals surface area contributed by atoms with Crippen molar-refractivity contribution in [2.24, 2.45) is 5.92 Å². The van der Waals surface area contributed by atoms with Crippen LogP contribution in [-0.2, 0) is 0 Å². The molecule has 0 saturated heterocycles. The molecule has 4 nitrogen and oxygen atoms in total. The Morgan fingerprint density at radius 2 is 1.88 bits per heavy atom. The number of para-hydroxylation sites is 1. The third kappa shape index (κ3) is 3.93. The van der Waals surface area contributed by atoms with Crippen molar-refractivity contribution in [3.63, 3.8) is 0 Å². The van der Waals surface area contributed by atoms with E-state index in [2.05, 4.69) is 69.0 Å². The highest BCUT2D eigenvalue weighted by Gasteiger charge is 2.39. The highest BCUT2D eigenvalue weighted by Crippen LogP contribution is 2.50. The largest absolute Gasteiger partial charge is 0.494 e. The molecule has 3 unspecified atom stereocenters. The summed E-state index contributed by atoms with van der Waals surface area (Å²) in [7, 11) is 0. The third-order valence-electron chi connectivity index (χ3n) is 6.29. The van der Waals surface area contributed by atoms with E-state index in [1.54, 1.807) is 0 Å². The van der Waals surface area contributed by atoms with Gasteiger partial charge in [0.2, 0.25) is 0 Å². The second-order valence-electron chi connectivity index (χ2n) is 8.21. The van der Waals surface area contributed by atoms with Crippen molar-refractivity contribution >= 4 is 33.2 Å². The summed E-state index contributed by atoms with van der Waals surface area (Å²) < 4.78 is 6.56. The summed E-state index contributed by atoms with van der Waals surface area (Å²) in [5.41, 5.74) is 4.76. The van der Waals surface area contributed by atoms with Gasteiger partial charge >= 0.3 is 0 Å². The maximum atomic E-state index is 13.3. The first-order valence-corrected chi connectivity index (χ1v) is 11.8. The highest BCUT2D eigenvalue weighted by molar-refractivity contribution is 9.10. The minimum absolute atomic E-state index is 0.117. The number of hydrogen-bond donors (Lipinski definition) is 2. The zero-order valence-electron chi connectivity index (χ0n) is 17.8. The van der Waals surface area contributed by atoms with Crippen LogP contribution in [0.3, 0.4) is 0 Å². The van der Waals surface area contributed by atoms with Gasteiger partial charge < -0.3 is 15.4 Å². The second kappa shape index (κ2) is 8.83. The Morgan fingerprint density at radius 3 is 2.62 bits per heavy atom. The molecule has 2 aliphatic rings. The van der Waals surface area contributed by atoms with E-state index in [1.807, 2.05) is 43.3 Å². The number of benzene rings is 3. The molecule has 0 spiro atoms. The van der Waals surface area contributed by atoms with Crippen LogP contribution in [0.2, 0.25) is 0 Å². The molecule has 3 aromatic carbocycles. The van der Waals surface area contributed by atoms with Gasteiger partial charge in [-0.1, -0.05) is 52.3 Å². The van der Waals surface area contributed by atoms with Crippen molar-refractivity contribution in [1.29, 1.82) is 0 Å². The molecule has 162 valence electrons. The average Bonchev–Trinajstić information content (AvgIpc) is 3.30. The van der Waals surface area contributed by atoms with E-state index in [0.29, 0.717) is 24.0 Å². The molecule has 0 radical (unpaired) electrons. The van der Waals surface area contributed by atoms with Gasteiger partial charge in [-0.05, 0) is 72.9 Å². The van der Waals surface area contributed by atoms with Gasteiger partial charge in [-0.15, -0.1) is 0 Å². The average molecular weight is 489 g/mol. The normalized spacial score (nSPS) is 20.8. The Balaban J connectivity index is 1.46. The fourth-order valence-corrected chi connectivity index (χ4v) is 5.07. The Morgan fingerprint density at radius 1 is 1.09 bits per heavy atom. The summed E-state index contributed by atoms with van der Waals surface area (Å²) in [6.07, 6.45) is 5.59. The van der Waals surface area contributed by atoms with E-state index in [4.69, 9.17) is 4.74 Å². The van der Waals surface area contributed by atoms with Gasteiger partial charge in [0.1, 0.15) is 5.75 Å². The fraction of sp³-hybridized carbons (Fsp3) is 0.222. The number of halogens is 1. The van der Waals surface area contributed by atoms with Gasteiger partial charge in [0.25, 0.3) is 5.91 Å². The van der Waals surface area contributed by atoms with E-state index < -0.39 is 0 Å². The first kappa shape index (κ1) is 20.8. The molecular weight excluding hydrogens is 464 g/mol. The van der Waals surface area contributed by atoms with E-state index in [1.165, 1.54) is 11.1 Å². The lowest BCUT2D eigenvalue weighted by molar-refractivity contribution is 0.102. The van der Waals surface area contributed by atoms with Crippen LogP contribution in [0.4, 0.5) is 11.4 Å². The van der Waals surface area contributed by atoms with Crippen LogP contribution in [0.25, 0.3) is 0 Å². The number of anilines is 2. The predicted molar refractivity (Wildman–Crippen MR) is 132 cm³/mol. The van der Waals surface area contributed by atoms with E-state index in [-0.39, 0.29) is 11.9 Å². The summed E-state index contributed by atoms with van der Waals surface area (Å²) in [5, 5.41) is 6.77. The Bertz CT molecular complexity index is 1160. The van der Waals surface area contributed by atoms with Gasteiger partial charge in [-0.25, -0.2) is 0 Å². The van der Waals surface area contributed by atoms with Crippen LogP contribution in [0.5, 0.6) is 5.75 Å². The van der Waals surface area contributed by atoms with Crippen molar-refractivity contribution in [2.75, 3.05) is 17.2 Å².